The Hall–Kier alpha value is -1.24. The fraction of sp³-hybridized carbons (Fsp3) is 0.0714. The maximum Gasteiger partial charge on any atom is 0.166 e. The maximum atomic E-state index is 10.0. The van der Waals surface area contributed by atoms with Crippen LogP contribution in [-0.4, -0.2) is 23.5 Å². The first kappa shape index (κ1) is 16.1. The normalized spacial score (nSPS) is 11.0. The molecule has 0 saturated carbocycles. The minimum absolute atomic E-state index is 0.0393. The third-order valence-electron chi connectivity index (χ3n) is 2.64. The Balaban J connectivity index is 2.40. The predicted molar refractivity (Wildman–Crippen MR) is 90.4 cm³/mol. The molecule has 0 atom stereocenters. The van der Waals surface area contributed by atoms with E-state index in [4.69, 9.17) is 16.3 Å². The topological polar surface area (TPSA) is 62.0 Å². The molecule has 2 rings (SSSR count). The van der Waals surface area contributed by atoms with Crippen LogP contribution in [0.5, 0.6) is 17.2 Å². The van der Waals surface area contributed by atoms with Crippen LogP contribution in [0.2, 0.25) is 5.02 Å². The molecule has 2 aromatic carbocycles. The summed E-state index contributed by atoms with van der Waals surface area (Å²) in [5, 5.41) is 20.1. The highest BCUT2D eigenvalue weighted by molar-refractivity contribution is 9.11. The molecule has 7 heteroatoms. The van der Waals surface area contributed by atoms with Crippen LogP contribution in [0.15, 0.2) is 38.2 Å². The van der Waals surface area contributed by atoms with E-state index < -0.39 is 0 Å². The lowest BCUT2D eigenvalue weighted by Crippen LogP contribution is -1.89. The number of phenols is 2. The monoisotopic (exact) mass is 433 g/mol. The van der Waals surface area contributed by atoms with Gasteiger partial charge in [0.05, 0.1) is 21.7 Å². The van der Waals surface area contributed by atoms with Crippen LogP contribution in [0.25, 0.3) is 0 Å². The summed E-state index contributed by atoms with van der Waals surface area (Å²) in [6.07, 6.45) is 1.47. The summed E-state index contributed by atoms with van der Waals surface area (Å²) >= 11 is 12.4. The van der Waals surface area contributed by atoms with Crippen molar-refractivity contribution in [3.8, 4) is 17.2 Å². The van der Waals surface area contributed by atoms with E-state index in [1.807, 2.05) is 0 Å². The van der Waals surface area contributed by atoms with Crippen molar-refractivity contribution in [3.05, 3.63) is 43.8 Å². The molecular weight excluding hydrogens is 425 g/mol. The van der Waals surface area contributed by atoms with Crippen molar-refractivity contribution in [1.29, 1.82) is 0 Å². The number of methoxy groups -OCH3 is 1. The Morgan fingerprint density at radius 1 is 1.10 bits per heavy atom. The van der Waals surface area contributed by atoms with Crippen LogP contribution in [0, 0.1) is 0 Å². The highest BCUT2D eigenvalue weighted by Crippen LogP contribution is 2.37. The number of aromatic hydroxyl groups is 2. The zero-order valence-corrected chi connectivity index (χ0v) is 14.7. The van der Waals surface area contributed by atoms with Gasteiger partial charge in [-0.2, -0.15) is 0 Å². The van der Waals surface area contributed by atoms with E-state index >= 15 is 0 Å². The van der Waals surface area contributed by atoms with Gasteiger partial charge in [-0.1, -0.05) is 11.6 Å². The van der Waals surface area contributed by atoms with Gasteiger partial charge in [-0.3, -0.25) is 4.99 Å². The molecule has 0 heterocycles. The van der Waals surface area contributed by atoms with Crippen LogP contribution < -0.4 is 4.74 Å². The third kappa shape index (κ3) is 3.70. The molecule has 0 saturated heterocycles. The maximum absolute atomic E-state index is 10.0. The number of rotatable bonds is 3. The average Bonchev–Trinajstić information content (AvgIpc) is 2.45. The van der Waals surface area contributed by atoms with E-state index in [1.54, 1.807) is 18.2 Å². The van der Waals surface area contributed by atoms with Crippen molar-refractivity contribution in [1.82, 2.24) is 0 Å². The summed E-state index contributed by atoms with van der Waals surface area (Å²) in [4.78, 5) is 4.25. The number of ether oxygens (including phenoxy) is 1. The van der Waals surface area contributed by atoms with Crippen LogP contribution in [0.4, 0.5) is 5.69 Å². The van der Waals surface area contributed by atoms with Gasteiger partial charge in [-0.15, -0.1) is 0 Å². The molecule has 0 aliphatic rings. The quantitative estimate of drug-likeness (QED) is 0.665. The zero-order chi connectivity index (χ0) is 15.6. The lowest BCUT2D eigenvalue weighted by Gasteiger charge is -2.07. The average molecular weight is 435 g/mol. The van der Waals surface area contributed by atoms with E-state index in [2.05, 4.69) is 36.9 Å². The molecule has 0 aliphatic carbocycles. The van der Waals surface area contributed by atoms with Crippen LogP contribution in [-0.2, 0) is 0 Å². The number of hydrogen-bond donors (Lipinski definition) is 2. The summed E-state index contributed by atoms with van der Waals surface area (Å²) in [6, 6.07) is 6.39. The summed E-state index contributed by atoms with van der Waals surface area (Å²) in [6.45, 7) is 0. The van der Waals surface area contributed by atoms with Crippen LogP contribution in [0.3, 0.4) is 0 Å². The van der Waals surface area contributed by atoms with Crippen molar-refractivity contribution in [2.45, 2.75) is 0 Å². The van der Waals surface area contributed by atoms with Crippen molar-refractivity contribution in [2.75, 3.05) is 7.11 Å². The molecule has 2 aromatic rings. The Morgan fingerprint density at radius 3 is 2.29 bits per heavy atom. The molecule has 2 N–H and O–H groups in total. The molecule has 0 spiro atoms. The number of aliphatic imine (C=N–C) groups is 1. The van der Waals surface area contributed by atoms with Gasteiger partial charge in [0.2, 0.25) is 0 Å². The number of halogens is 3. The molecule has 0 unspecified atom stereocenters. The second-order valence-electron chi connectivity index (χ2n) is 4.06. The Labute approximate surface area is 143 Å². The van der Waals surface area contributed by atoms with E-state index in [-0.39, 0.29) is 17.2 Å². The van der Waals surface area contributed by atoms with Crippen LogP contribution in [0.1, 0.15) is 5.56 Å². The van der Waals surface area contributed by atoms with Crippen LogP contribution >= 0.6 is 43.5 Å². The third-order valence-corrected chi connectivity index (χ3v) is 4.07. The molecule has 0 radical (unpaired) electrons. The predicted octanol–water partition coefficient (Wildman–Crippen LogP) is 5.04. The molecule has 0 aromatic heterocycles. The largest absolute Gasteiger partial charge is 0.506 e. The van der Waals surface area contributed by atoms with Gasteiger partial charge >= 0.3 is 0 Å². The van der Waals surface area contributed by atoms with Gasteiger partial charge in [-0.25, -0.2) is 0 Å². The highest BCUT2D eigenvalue weighted by Gasteiger charge is 2.09. The van der Waals surface area contributed by atoms with Crippen molar-refractivity contribution >= 4 is 55.4 Å². The minimum atomic E-state index is -0.0393. The summed E-state index contributed by atoms with van der Waals surface area (Å²) in [5.41, 5.74) is 1.02. The molecule has 21 heavy (non-hydrogen) atoms. The SMILES string of the molecule is COc1cc(Cl)cc(C=Nc2cc(Br)c(O)c(Br)c2)c1O. The summed E-state index contributed by atoms with van der Waals surface area (Å²) in [5.74, 6) is 0.334. The fourth-order valence-electron chi connectivity index (χ4n) is 1.62. The van der Waals surface area contributed by atoms with E-state index in [0.29, 0.717) is 25.2 Å². The molecule has 0 bridgehead atoms. The van der Waals surface area contributed by atoms with Crippen molar-refractivity contribution < 1.29 is 14.9 Å². The first-order valence-corrected chi connectivity index (χ1v) is 7.67. The summed E-state index contributed by atoms with van der Waals surface area (Å²) in [7, 11) is 1.44. The van der Waals surface area contributed by atoms with Gasteiger partial charge in [0.1, 0.15) is 5.75 Å². The second-order valence-corrected chi connectivity index (χ2v) is 6.21. The van der Waals surface area contributed by atoms with E-state index in [0.717, 1.165) is 0 Å². The van der Waals surface area contributed by atoms with E-state index in [9.17, 15) is 10.2 Å². The molecule has 0 amide bonds. The smallest absolute Gasteiger partial charge is 0.166 e. The second kappa shape index (κ2) is 6.68. The molecular formula is C14H10Br2ClNO3. The van der Waals surface area contributed by atoms with Gasteiger partial charge in [0.25, 0.3) is 0 Å². The standard InChI is InChI=1S/C14H10Br2ClNO3/c1-21-12-3-8(17)2-7(13(12)19)6-18-9-4-10(15)14(20)11(16)5-9/h2-6,19-20H,1H3. The number of phenolic OH excluding ortho intramolecular Hbond substituents is 2. The first-order valence-electron chi connectivity index (χ1n) is 5.71. The number of benzene rings is 2. The molecule has 110 valence electrons. The van der Waals surface area contributed by atoms with Gasteiger partial charge < -0.3 is 14.9 Å². The number of hydrogen-bond acceptors (Lipinski definition) is 4. The van der Waals surface area contributed by atoms with Crippen molar-refractivity contribution in [3.63, 3.8) is 0 Å². The van der Waals surface area contributed by atoms with Gasteiger partial charge in [0.15, 0.2) is 11.5 Å². The van der Waals surface area contributed by atoms with Crippen molar-refractivity contribution in [2.24, 2.45) is 4.99 Å². The van der Waals surface area contributed by atoms with E-state index in [1.165, 1.54) is 19.4 Å². The van der Waals surface area contributed by atoms with Gasteiger partial charge in [-0.05, 0) is 50.1 Å². The Morgan fingerprint density at radius 2 is 1.71 bits per heavy atom. The molecule has 0 aliphatic heterocycles. The highest BCUT2D eigenvalue weighted by atomic mass is 79.9. The summed E-state index contributed by atoms with van der Waals surface area (Å²) < 4.78 is 6.05. The lowest BCUT2D eigenvalue weighted by molar-refractivity contribution is 0.373. The zero-order valence-electron chi connectivity index (χ0n) is 10.8. The van der Waals surface area contributed by atoms with Gasteiger partial charge in [0, 0.05) is 22.9 Å². The minimum Gasteiger partial charge on any atom is -0.506 e. The molecule has 0 fully saturated rings. The first-order chi connectivity index (χ1) is 9.92. The number of nitrogens with zero attached hydrogens (tertiary/aromatic N) is 1. The molecule has 4 nitrogen and oxygen atoms in total. The Bertz CT molecular complexity index is 697. The fourth-order valence-corrected chi connectivity index (χ4v) is 3.00. The Kier molecular flexibility index (Phi) is 5.13. The lowest BCUT2D eigenvalue weighted by atomic mass is 10.2.